The van der Waals surface area contributed by atoms with Crippen LogP contribution in [0.4, 0.5) is 4.79 Å². The predicted molar refractivity (Wildman–Crippen MR) is 94.9 cm³/mol. The molecule has 138 valence electrons. The van der Waals surface area contributed by atoms with Crippen molar-refractivity contribution in [3.8, 4) is 0 Å². The van der Waals surface area contributed by atoms with Crippen LogP contribution in [-0.2, 0) is 0 Å². The number of aliphatic hydroxyl groups is 1. The van der Waals surface area contributed by atoms with Gasteiger partial charge in [-0.25, -0.2) is 4.79 Å². The summed E-state index contributed by atoms with van der Waals surface area (Å²) in [5, 5.41) is 15.7. The first-order valence-electron chi connectivity index (χ1n) is 9.73. The van der Waals surface area contributed by atoms with E-state index >= 15 is 0 Å². The molecule has 0 radical (unpaired) electrons. The van der Waals surface area contributed by atoms with Crippen LogP contribution in [0.3, 0.4) is 0 Å². The van der Waals surface area contributed by atoms with E-state index < -0.39 is 0 Å². The molecule has 2 saturated carbocycles. The van der Waals surface area contributed by atoms with E-state index in [9.17, 15) is 9.90 Å². The predicted octanol–water partition coefficient (Wildman–Crippen LogP) is 0.720. The van der Waals surface area contributed by atoms with Crippen LogP contribution >= 0.6 is 0 Å². The molecule has 0 aromatic heterocycles. The highest BCUT2D eigenvalue weighted by molar-refractivity contribution is 5.74. The number of carbonyl (C=O) groups excluding carboxylic acids is 1. The number of urea groups is 1. The normalized spacial score (nSPS) is 33.8. The quantitative estimate of drug-likeness (QED) is 0.599. The molecule has 3 N–H and O–H groups in total. The first kappa shape index (κ1) is 18.0. The van der Waals surface area contributed by atoms with Crippen molar-refractivity contribution >= 4 is 6.03 Å². The number of hydrogen-bond acceptors (Lipinski definition) is 4. The van der Waals surface area contributed by atoms with Gasteiger partial charge in [0.2, 0.25) is 0 Å². The summed E-state index contributed by atoms with van der Waals surface area (Å²) in [7, 11) is 2.18. The van der Waals surface area contributed by atoms with Crippen molar-refractivity contribution in [1.82, 2.24) is 20.4 Å². The lowest BCUT2D eigenvalue weighted by atomic mass is 9.85. The van der Waals surface area contributed by atoms with E-state index in [0.29, 0.717) is 11.8 Å². The average Bonchev–Trinajstić information content (AvgIpc) is 3.17. The first-order chi connectivity index (χ1) is 11.7. The Balaban J connectivity index is 1.26. The summed E-state index contributed by atoms with van der Waals surface area (Å²) in [5.41, 5.74) is 0. The van der Waals surface area contributed by atoms with Crippen LogP contribution in [0.5, 0.6) is 0 Å². The number of nitrogens with one attached hydrogen (secondary N) is 2. The van der Waals surface area contributed by atoms with Crippen molar-refractivity contribution < 1.29 is 9.90 Å². The summed E-state index contributed by atoms with van der Waals surface area (Å²) in [5.74, 6) is 1.47. The molecular weight excluding hydrogens is 304 g/mol. The number of fused-ring (bicyclic) bond motifs is 2. The van der Waals surface area contributed by atoms with Crippen LogP contribution < -0.4 is 10.6 Å². The number of unbranched alkanes of at least 4 members (excludes halogenated alkanes) is 1. The van der Waals surface area contributed by atoms with Crippen LogP contribution in [0.1, 0.15) is 32.1 Å². The summed E-state index contributed by atoms with van der Waals surface area (Å²) in [6.07, 6.45) is 5.78. The molecule has 2 amide bonds. The number of aliphatic hydroxyl groups excluding tert-OH is 1. The van der Waals surface area contributed by atoms with Gasteiger partial charge in [-0.1, -0.05) is 0 Å². The van der Waals surface area contributed by atoms with Gasteiger partial charge in [0.15, 0.2) is 0 Å². The van der Waals surface area contributed by atoms with Gasteiger partial charge < -0.3 is 25.5 Å². The Morgan fingerprint density at radius 3 is 2.62 bits per heavy atom. The monoisotopic (exact) mass is 338 g/mol. The molecule has 3 aliphatic rings. The van der Waals surface area contributed by atoms with Crippen LogP contribution in [0.25, 0.3) is 0 Å². The van der Waals surface area contributed by atoms with Gasteiger partial charge in [0.05, 0.1) is 0 Å². The van der Waals surface area contributed by atoms with E-state index in [1.807, 2.05) is 0 Å². The second-order valence-corrected chi connectivity index (χ2v) is 7.96. The van der Waals surface area contributed by atoms with Crippen molar-refractivity contribution in [2.24, 2.45) is 17.8 Å². The minimum atomic E-state index is -0.0504. The maximum absolute atomic E-state index is 12.1. The number of hydrogen-bond donors (Lipinski definition) is 3. The lowest BCUT2D eigenvalue weighted by molar-refractivity contribution is 0.144. The zero-order valence-corrected chi connectivity index (χ0v) is 15.0. The van der Waals surface area contributed by atoms with Gasteiger partial charge in [-0.3, -0.25) is 0 Å². The minimum absolute atomic E-state index is 0.0504. The van der Waals surface area contributed by atoms with E-state index in [0.717, 1.165) is 52.1 Å². The summed E-state index contributed by atoms with van der Waals surface area (Å²) in [4.78, 5) is 17.0. The summed E-state index contributed by atoms with van der Waals surface area (Å²) < 4.78 is 0. The van der Waals surface area contributed by atoms with Gasteiger partial charge in [-0.05, 0) is 57.5 Å². The van der Waals surface area contributed by atoms with Gasteiger partial charge >= 0.3 is 6.03 Å². The molecule has 0 aromatic rings. The highest BCUT2D eigenvalue weighted by Gasteiger charge is 2.47. The fraction of sp³-hybridized carbons (Fsp3) is 0.944. The number of likely N-dealkylation sites (N-methyl/N-ethyl adjacent to an activating group) is 1. The molecule has 6 heteroatoms. The van der Waals surface area contributed by atoms with Crippen molar-refractivity contribution in [2.75, 3.05) is 52.9 Å². The van der Waals surface area contributed by atoms with Gasteiger partial charge in [0.25, 0.3) is 0 Å². The topological polar surface area (TPSA) is 67.8 Å². The lowest BCUT2D eigenvalue weighted by Gasteiger charge is -2.32. The smallest absolute Gasteiger partial charge is 0.315 e. The first-order valence-corrected chi connectivity index (χ1v) is 9.73. The molecule has 1 heterocycles. The number of amides is 2. The average molecular weight is 338 g/mol. The van der Waals surface area contributed by atoms with Crippen LogP contribution in [0, 0.1) is 17.8 Å². The summed E-state index contributed by atoms with van der Waals surface area (Å²) in [6, 6.07) is 0.129. The molecule has 4 atom stereocenters. The molecule has 3 rings (SSSR count). The third kappa shape index (κ3) is 4.41. The largest absolute Gasteiger partial charge is 0.396 e. The van der Waals surface area contributed by atoms with Crippen LogP contribution in [0.15, 0.2) is 0 Å². The standard InChI is InChI=1S/C18H34N4O2/c1-21-8-10-22(11-9-21)7-3-2-6-19-18(24)20-17-15-5-4-14(12-15)16(17)13-23/h14-17,23H,2-13H2,1H3,(H2,19,20,24). The van der Waals surface area contributed by atoms with Gasteiger partial charge in [-0.15, -0.1) is 0 Å². The third-order valence-corrected chi connectivity index (χ3v) is 6.38. The second kappa shape index (κ2) is 8.50. The Morgan fingerprint density at radius 1 is 1.12 bits per heavy atom. The Labute approximate surface area is 146 Å². The van der Waals surface area contributed by atoms with Crippen LogP contribution in [0.2, 0.25) is 0 Å². The molecule has 0 spiro atoms. The third-order valence-electron chi connectivity index (χ3n) is 6.38. The zero-order valence-electron chi connectivity index (χ0n) is 15.0. The SMILES string of the molecule is CN1CCN(CCCCNC(=O)NC2C3CCC(C3)C2CO)CC1. The Hall–Kier alpha value is -0.850. The maximum Gasteiger partial charge on any atom is 0.315 e. The number of carbonyl (C=O) groups is 1. The molecule has 4 unspecified atom stereocenters. The fourth-order valence-corrected chi connectivity index (χ4v) is 4.83. The Morgan fingerprint density at radius 2 is 1.88 bits per heavy atom. The molecular formula is C18H34N4O2. The van der Waals surface area contributed by atoms with E-state index in [1.165, 1.54) is 19.3 Å². The highest BCUT2D eigenvalue weighted by Crippen LogP contribution is 2.48. The van der Waals surface area contributed by atoms with E-state index in [-0.39, 0.29) is 24.6 Å². The number of nitrogens with zero attached hydrogens (tertiary/aromatic N) is 2. The van der Waals surface area contributed by atoms with Gasteiger partial charge in [0.1, 0.15) is 0 Å². The molecule has 6 nitrogen and oxygen atoms in total. The molecule has 3 fully saturated rings. The van der Waals surface area contributed by atoms with Gasteiger partial charge in [-0.2, -0.15) is 0 Å². The number of piperazine rings is 1. The van der Waals surface area contributed by atoms with E-state index in [2.05, 4.69) is 27.5 Å². The van der Waals surface area contributed by atoms with Gasteiger partial charge in [0, 0.05) is 51.3 Å². The van der Waals surface area contributed by atoms with Crippen LogP contribution in [-0.4, -0.2) is 79.9 Å². The molecule has 2 bridgehead atoms. The van der Waals surface area contributed by atoms with Crippen molar-refractivity contribution in [2.45, 2.75) is 38.1 Å². The molecule has 1 aliphatic heterocycles. The van der Waals surface area contributed by atoms with E-state index in [4.69, 9.17) is 0 Å². The van der Waals surface area contributed by atoms with Crippen molar-refractivity contribution in [3.05, 3.63) is 0 Å². The Kier molecular flexibility index (Phi) is 6.36. The molecule has 2 aliphatic carbocycles. The lowest BCUT2D eigenvalue weighted by Crippen LogP contribution is -2.49. The molecule has 24 heavy (non-hydrogen) atoms. The molecule has 0 aromatic carbocycles. The summed E-state index contributed by atoms with van der Waals surface area (Å²) >= 11 is 0. The zero-order chi connectivity index (χ0) is 16.9. The highest BCUT2D eigenvalue weighted by atomic mass is 16.3. The maximum atomic E-state index is 12.1. The number of rotatable bonds is 7. The molecule has 1 saturated heterocycles. The fourth-order valence-electron chi connectivity index (χ4n) is 4.83. The Bertz CT molecular complexity index is 412. The summed E-state index contributed by atoms with van der Waals surface area (Å²) in [6.45, 7) is 6.73. The van der Waals surface area contributed by atoms with Crippen molar-refractivity contribution in [3.63, 3.8) is 0 Å². The second-order valence-electron chi connectivity index (χ2n) is 7.96. The minimum Gasteiger partial charge on any atom is -0.396 e. The van der Waals surface area contributed by atoms with Crippen molar-refractivity contribution in [1.29, 1.82) is 0 Å². The van der Waals surface area contributed by atoms with E-state index in [1.54, 1.807) is 0 Å².